The summed E-state index contributed by atoms with van der Waals surface area (Å²) in [5, 5.41) is 0.336. The number of amides is 2. The minimum atomic E-state index is -0.288. The van der Waals surface area contributed by atoms with E-state index in [2.05, 4.69) is 4.57 Å². The third kappa shape index (κ3) is 4.14. The maximum atomic E-state index is 13.0. The van der Waals surface area contributed by atoms with Crippen LogP contribution < -0.4 is 9.47 Å². The van der Waals surface area contributed by atoms with Crippen LogP contribution in [0.15, 0.2) is 53.4 Å². The van der Waals surface area contributed by atoms with Gasteiger partial charge < -0.3 is 14.0 Å². The molecule has 8 heteroatoms. The smallest absolute Gasteiger partial charge is 0.293 e. The second-order valence-corrected chi connectivity index (χ2v) is 9.31. The highest BCUT2D eigenvalue weighted by Gasteiger charge is 2.35. The van der Waals surface area contributed by atoms with E-state index in [0.717, 1.165) is 51.5 Å². The largest absolute Gasteiger partial charge is 0.486 e. The second kappa shape index (κ2) is 8.65. The lowest BCUT2D eigenvalue weighted by Crippen LogP contribution is -2.27. The second-order valence-electron chi connectivity index (χ2n) is 7.88. The van der Waals surface area contributed by atoms with Gasteiger partial charge in [-0.3, -0.25) is 14.5 Å². The molecule has 0 atom stereocenters. The number of benzene rings is 2. The molecule has 3 heterocycles. The number of hydrogen-bond donors (Lipinski definition) is 0. The van der Waals surface area contributed by atoms with Gasteiger partial charge >= 0.3 is 0 Å². The van der Waals surface area contributed by atoms with Gasteiger partial charge in [0.2, 0.25) is 0 Å². The van der Waals surface area contributed by atoms with E-state index in [9.17, 15) is 9.59 Å². The lowest BCUT2D eigenvalue weighted by molar-refractivity contribution is -0.123. The Labute approximate surface area is 200 Å². The Morgan fingerprint density at radius 2 is 1.73 bits per heavy atom. The molecule has 0 aliphatic carbocycles. The molecule has 0 N–H and O–H groups in total. The fourth-order valence-corrected chi connectivity index (χ4v) is 5.01. The van der Waals surface area contributed by atoms with Crippen LogP contribution in [-0.2, 0) is 11.3 Å². The van der Waals surface area contributed by atoms with Crippen molar-refractivity contribution in [2.24, 2.45) is 0 Å². The summed E-state index contributed by atoms with van der Waals surface area (Å²) < 4.78 is 13.4. The van der Waals surface area contributed by atoms with Gasteiger partial charge in [0.15, 0.2) is 11.5 Å². The van der Waals surface area contributed by atoms with Crippen LogP contribution in [0, 0.1) is 13.8 Å². The van der Waals surface area contributed by atoms with Crippen molar-refractivity contribution < 1.29 is 19.1 Å². The Bertz CT molecular complexity index is 1300. The molecule has 33 heavy (non-hydrogen) atoms. The molecule has 0 unspecified atom stereocenters. The number of hydrogen-bond acceptors (Lipinski definition) is 5. The van der Waals surface area contributed by atoms with Crippen LogP contribution >= 0.6 is 23.4 Å². The van der Waals surface area contributed by atoms with Crippen molar-refractivity contribution in [2.45, 2.75) is 20.4 Å². The molecule has 2 aliphatic heterocycles. The first-order chi connectivity index (χ1) is 15.9. The number of halogens is 1. The highest BCUT2D eigenvalue weighted by Crippen LogP contribution is 2.36. The first-order valence-corrected chi connectivity index (χ1v) is 11.7. The minimum Gasteiger partial charge on any atom is -0.486 e. The van der Waals surface area contributed by atoms with Crippen molar-refractivity contribution in [3.63, 3.8) is 0 Å². The molecule has 1 saturated heterocycles. The van der Waals surface area contributed by atoms with E-state index >= 15 is 0 Å². The number of fused-ring (bicyclic) bond motifs is 1. The summed E-state index contributed by atoms with van der Waals surface area (Å²) in [6.45, 7) is 5.29. The molecule has 0 spiro atoms. The molecule has 0 saturated carbocycles. The summed E-state index contributed by atoms with van der Waals surface area (Å²) in [6, 6.07) is 15.0. The molecule has 6 nitrogen and oxygen atoms in total. The quantitative estimate of drug-likeness (QED) is 0.444. The van der Waals surface area contributed by atoms with Gasteiger partial charge in [-0.1, -0.05) is 23.7 Å². The summed E-state index contributed by atoms with van der Waals surface area (Å²) in [7, 11) is 0. The molecule has 2 aromatic carbocycles. The molecule has 168 valence electrons. The van der Waals surface area contributed by atoms with Crippen LogP contribution in [0.25, 0.3) is 11.8 Å². The fourth-order valence-electron chi connectivity index (χ4n) is 4.05. The van der Waals surface area contributed by atoms with Gasteiger partial charge in [0, 0.05) is 28.2 Å². The average Bonchev–Trinajstić information content (AvgIpc) is 3.24. The number of aryl methyl sites for hydroxylation is 1. The van der Waals surface area contributed by atoms with Gasteiger partial charge in [-0.25, -0.2) is 0 Å². The predicted molar refractivity (Wildman–Crippen MR) is 129 cm³/mol. The predicted octanol–water partition coefficient (Wildman–Crippen LogP) is 5.76. The summed E-state index contributed by atoms with van der Waals surface area (Å²) in [5.74, 6) is 1.17. The number of carbonyl (C=O) groups is 2. The molecule has 5 rings (SSSR count). The van der Waals surface area contributed by atoms with Gasteiger partial charge in [0.25, 0.3) is 11.1 Å². The van der Waals surface area contributed by atoms with Gasteiger partial charge in [-0.15, -0.1) is 0 Å². The zero-order valence-corrected chi connectivity index (χ0v) is 19.7. The first kappa shape index (κ1) is 21.7. The van der Waals surface area contributed by atoms with Crippen molar-refractivity contribution in [3.8, 4) is 17.2 Å². The number of rotatable bonds is 4. The Hall–Kier alpha value is -3.16. The summed E-state index contributed by atoms with van der Waals surface area (Å²) in [4.78, 5) is 27.2. The normalized spacial score (nSPS) is 16.7. The van der Waals surface area contributed by atoms with Crippen LogP contribution in [0.1, 0.15) is 22.5 Å². The molecule has 2 amide bonds. The molecule has 0 radical (unpaired) electrons. The molecule has 2 aliphatic rings. The van der Waals surface area contributed by atoms with Crippen LogP contribution in [0.5, 0.6) is 11.5 Å². The number of aromatic nitrogens is 1. The van der Waals surface area contributed by atoms with Crippen molar-refractivity contribution in [1.82, 2.24) is 9.47 Å². The zero-order valence-electron chi connectivity index (χ0n) is 18.1. The fraction of sp³-hybridized carbons (Fsp3) is 0.200. The van der Waals surface area contributed by atoms with Crippen molar-refractivity contribution in [2.75, 3.05) is 13.2 Å². The van der Waals surface area contributed by atoms with Crippen LogP contribution in [0.3, 0.4) is 0 Å². The number of imide groups is 1. The zero-order chi connectivity index (χ0) is 23.1. The van der Waals surface area contributed by atoms with E-state index in [1.807, 2.05) is 50.2 Å². The SMILES string of the molecule is Cc1cc(/C=C2\SC(=O)N(Cc3ccc(Cl)cc3)C2=O)c(C)n1-c1ccc2c(c1)OCCO2. The summed E-state index contributed by atoms with van der Waals surface area (Å²) >= 11 is 6.90. The maximum Gasteiger partial charge on any atom is 0.293 e. The molecular weight excluding hydrogens is 460 g/mol. The van der Waals surface area contributed by atoms with Gasteiger partial charge in [0.05, 0.1) is 11.4 Å². The monoisotopic (exact) mass is 480 g/mol. The van der Waals surface area contributed by atoms with Crippen molar-refractivity contribution in [3.05, 3.63) is 81.0 Å². The van der Waals surface area contributed by atoms with Gasteiger partial charge in [-0.2, -0.15) is 0 Å². The first-order valence-electron chi connectivity index (χ1n) is 10.5. The average molecular weight is 481 g/mol. The van der Waals surface area contributed by atoms with Crippen molar-refractivity contribution in [1.29, 1.82) is 0 Å². The third-order valence-electron chi connectivity index (χ3n) is 5.67. The highest BCUT2D eigenvalue weighted by atomic mass is 35.5. The van der Waals surface area contributed by atoms with Crippen molar-refractivity contribution >= 4 is 40.6 Å². The molecule has 3 aromatic rings. The van der Waals surface area contributed by atoms with Gasteiger partial charge in [0.1, 0.15) is 13.2 Å². The van der Waals surface area contributed by atoms with Crippen LogP contribution in [-0.4, -0.2) is 33.8 Å². The molecular formula is C25H21ClN2O4S. The maximum absolute atomic E-state index is 13.0. The molecule has 0 bridgehead atoms. The Balaban J connectivity index is 1.42. The highest BCUT2D eigenvalue weighted by molar-refractivity contribution is 8.18. The number of nitrogens with zero attached hydrogens (tertiary/aromatic N) is 2. The van der Waals surface area contributed by atoms with E-state index in [0.29, 0.717) is 23.1 Å². The third-order valence-corrected chi connectivity index (χ3v) is 6.83. The van der Waals surface area contributed by atoms with E-state index in [-0.39, 0.29) is 17.7 Å². The number of carbonyl (C=O) groups excluding carboxylic acids is 2. The van der Waals surface area contributed by atoms with E-state index in [1.54, 1.807) is 18.2 Å². The summed E-state index contributed by atoms with van der Waals surface area (Å²) in [5.41, 5.74) is 4.66. The lowest BCUT2D eigenvalue weighted by atomic mass is 10.2. The van der Waals surface area contributed by atoms with Gasteiger partial charge in [-0.05, 0) is 73.1 Å². The Morgan fingerprint density at radius 1 is 1.00 bits per heavy atom. The minimum absolute atomic E-state index is 0.218. The molecule has 1 aromatic heterocycles. The lowest BCUT2D eigenvalue weighted by Gasteiger charge is -2.20. The van der Waals surface area contributed by atoms with Crippen LogP contribution in [0.4, 0.5) is 4.79 Å². The molecule has 1 fully saturated rings. The van der Waals surface area contributed by atoms with E-state index < -0.39 is 0 Å². The Kier molecular flexibility index (Phi) is 5.68. The van der Waals surface area contributed by atoms with E-state index in [1.165, 1.54) is 4.90 Å². The summed E-state index contributed by atoms with van der Waals surface area (Å²) in [6.07, 6.45) is 1.80. The topological polar surface area (TPSA) is 60.8 Å². The number of ether oxygens (including phenoxy) is 2. The van der Waals surface area contributed by atoms with E-state index in [4.69, 9.17) is 21.1 Å². The number of thioether (sulfide) groups is 1. The standard InChI is InChI=1S/C25H21ClN2O4S/c1-15-11-18(16(2)28(15)20-7-8-21-22(13-20)32-10-9-31-21)12-23-24(29)27(25(30)33-23)14-17-3-5-19(26)6-4-17/h3-8,11-13H,9-10,14H2,1-2H3/b23-12-. The Morgan fingerprint density at radius 3 is 2.48 bits per heavy atom. The van der Waals surface area contributed by atoms with Crippen LogP contribution in [0.2, 0.25) is 5.02 Å².